The van der Waals surface area contributed by atoms with Crippen molar-refractivity contribution < 1.29 is 24.3 Å². The predicted molar refractivity (Wildman–Crippen MR) is 101 cm³/mol. The predicted octanol–water partition coefficient (Wildman–Crippen LogP) is 2.11. The molecule has 3 aromatic heterocycles. The molecule has 0 saturated carbocycles. The minimum Gasteiger partial charge on any atom is -0.473 e. The summed E-state index contributed by atoms with van der Waals surface area (Å²) in [5, 5.41) is 18.8. The van der Waals surface area contributed by atoms with Gasteiger partial charge < -0.3 is 14.7 Å². The van der Waals surface area contributed by atoms with Crippen molar-refractivity contribution in [3.8, 4) is 11.6 Å². The van der Waals surface area contributed by atoms with Crippen LogP contribution in [0.15, 0.2) is 38.9 Å². The van der Waals surface area contributed by atoms with Crippen LogP contribution in [0, 0.1) is 0 Å². The largest absolute Gasteiger partial charge is 0.473 e. The zero-order chi connectivity index (χ0) is 20.1. The number of carbonyl (C=O) groups is 2. The van der Waals surface area contributed by atoms with Gasteiger partial charge >= 0.3 is 11.9 Å². The highest BCUT2D eigenvalue weighted by Gasteiger charge is 2.33. The molecule has 10 nitrogen and oxygen atoms in total. The third-order valence-electron chi connectivity index (χ3n) is 3.71. The molecule has 1 aliphatic rings. The van der Waals surface area contributed by atoms with Crippen molar-refractivity contribution >= 4 is 39.2 Å². The highest BCUT2D eigenvalue weighted by atomic mass is 79.9. The first-order valence-electron chi connectivity index (χ1n) is 7.96. The average Bonchev–Trinajstić information content (AvgIpc) is 3.28. The minimum absolute atomic E-state index is 0.299. The van der Waals surface area contributed by atoms with E-state index in [0.717, 1.165) is 19.6 Å². The van der Waals surface area contributed by atoms with E-state index in [2.05, 4.69) is 53.1 Å². The molecule has 0 unspecified atom stereocenters. The number of nitrogens with zero attached hydrogens (tertiary/aromatic N) is 5. The van der Waals surface area contributed by atoms with Crippen molar-refractivity contribution in [2.24, 2.45) is 0 Å². The fourth-order valence-electron chi connectivity index (χ4n) is 2.42. The molecule has 146 valence electrons. The van der Waals surface area contributed by atoms with Gasteiger partial charge in [-0.15, -0.1) is 11.3 Å². The molecular weight excluding hydrogens is 454 g/mol. The summed E-state index contributed by atoms with van der Waals surface area (Å²) in [7, 11) is 0. The summed E-state index contributed by atoms with van der Waals surface area (Å²) in [5.41, 5.74) is 0. The van der Waals surface area contributed by atoms with Gasteiger partial charge in [0.25, 0.3) is 0 Å². The molecule has 28 heavy (non-hydrogen) atoms. The molecule has 0 atom stereocenters. The summed E-state index contributed by atoms with van der Waals surface area (Å²) < 4.78 is 6.52. The number of carboxylic acid groups (broad SMARTS) is 2. The lowest BCUT2D eigenvalue weighted by Crippen LogP contribution is -2.44. The second kappa shape index (κ2) is 8.99. The van der Waals surface area contributed by atoms with Crippen LogP contribution in [-0.2, 0) is 16.1 Å². The summed E-state index contributed by atoms with van der Waals surface area (Å²) in [5.74, 6) is -1.72. The first kappa shape index (κ1) is 20.0. The van der Waals surface area contributed by atoms with Gasteiger partial charge in [-0.25, -0.2) is 19.6 Å². The topological polar surface area (TPSA) is 143 Å². The Bertz CT molecular complexity index is 945. The standard InChI is InChI=1S/C14H12BrN5OS.C2H2O4/c15-11-3-2-10(22-11)8-20-6-9(7-20)14-18-13(19-21-14)12-16-4-1-5-17-12;3-1(4)2(5)6/h1-5,9H,6-8H2;(H,3,4)(H,5,6). The highest BCUT2D eigenvalue weighted by Crippen LogP contribution is 2.30. The van der Waals surface area contributed by atoms with Gasteiger partial charge in [-0.2, -0.15) is 4.98 Å². The third-order valence-corrected chi connectivity index (χ3v) is 5.31. The van der Waals surface area contributed by atoms with E-state index in [1.165, 1.54) is 8.66 Å². The molecule has 0 radical (unpaired) electrons. The van der Waals surface area contributed by atoms with E-state index in [4.69, 9.17) is 24.3 Å². The first-order valence-corrected chi connectivity index (χ1v) is 9.57. The Hall–Kier alpha value is -2.70. The van der Waals surface area contributed by atoms with Crippen molar-refractivity contribution in [3.63, 3.8) is 0 Å². The number of carboxylic acids is 2. The maximum Gasteiger partial charge on any atom is 0.414 e. The summed E-state index contributed by atoms with van der Waals surface area (Å²) in [6, 6.07) is 6.00. The van der Waals surface area contributed by atoms with Crippen molar-refractivity contribution in [3.05, 3.63) is 45.1 Å². The molecular formula is C16H14BrN5O5S. The molecule has 1 aliphatic heterocycles. The molecule has 12 heteroatoms. The van der Waals surface area contributed by atoms with Crippen LogP contribution in [-0.4, -0.2) is 60.2 Å². The van der Waals surface area contributed by atoms with Crippen LogP contribution in [0.25, 0.3) is 11.6 Å². The van der Waals surface area contributed by atoms with Gasteiger partial charge in [-0.1, -0.05) is 5.16 Å². The number of rotatable bonds is 4. The number of aromatic nitrogens is 4. The lowest BCUT2D eigenvalue weighted by atomic mass is 10.0. The van der Waals surface area contributed by atoms with Crippen LogP contribution < -0.4 is 0 Å². The van der Waals surface area contributed by atoms with E-state index in [0.29, 0.717) is 23.5 Å². The number of hydrogen-bond donors (Lipinski definition) is 2. The van der Waals surface area contributed by atoms with Gasteiger partial charge in [0.15, 0.2) is 0 Å². The highest BCUT2D eigenvalue weighted by molar-refractivity contribution is 9.11. The molecule has 2 N–H and O–H groups in total. The van der Waals surface area contributed by atoms with Crippen LogP contribution >= 0.6 is 27.3 Å². The smallest absolute Gasteiger partial charge is 0.414 e. The van der Waals surface area contributed by atoms with Gasteiger partial charge in [-0.3, -0.25) is 4.90 Å². The first-order chi connectivity index (χ1) is 13.4. The van der Waals surface area contributed by atoms with E-state index in [1.807, 2.05) is 0 Å². The number of hydrogen-bond acceptors (Lipinski definition) is 9. The molecule has 0 aromatic carbocycles. The third kappa shape index (κ3) is 5.18. The summed E-state index contributed by atoms with van der Waals surface area (Å²) in [6.07, 6.45) is 3.34. The van der Waals surface area contributed by atoms with Crippen molar-refractivity contribution in [2.75, 3.05) is 13.1 Å². The molecule has 0 bridgehead atoms. The number of aliphatic carboxylic acids is 2. The molecule has 0 amide bonds. The fourth-order valence-corrected chi connectivity index (χ4v) is 3.94. The van der Waals surface area contributed by atoms with Crippen LogP contribution in [0.5, 0.6) is 0 Å². The zero-order valence-corrected chi connectivity index (χ0v) is 16.6. The second-order valence-electron chi connectivity index (χ2n) is 5.74. The quantitative estimate of drug-likeness (QED) is 0.547. The Labute approximate surface area is 171 Å². The molecule has 0 spiro atoms. The number of thiophene rings is 1. The monoisotopic (exact) mass is 467 g/mol. The van der Waals surface area contributed by atoms with Gasteiger partial charge in [0, 0.05) is 36.9 Å². The maximum absolute atomic E-state index is 9.10. The minimum atomic E-state index is -1.82. The normalized spacial score (nSPS) is 14.0. The van der Waals surface area contributed by atoms with Crippen LogP contribution in [0.3, 0.4) is 0 Å². The Balaban J connectivity index is 0.000000330. The van der Waals surface area contributed by atoms with Gasteiger partial charge in [0.05, 0.1) is 9.70 Å². The molecule has 3 aromatic rings. The lowest BCUT2D eigenvalue weighted by molar-refractivity contribution is -0.159. The van der Waals surface area contributed by atoms with Crippen molar-refractivity contribution in [2.45, 2.75) is 12.5 Å². The Morgan fingerprint density at radius 1 is 1.18 bits per heavy atom. The SMILES string of the molecule is Brc1ccc(CN2CC(c3nc(-c4ncccn4)no3)C2)s1.O=C(O)C(=O)O. The fraction of sp³-hybridized carbons (Fsp3) is 0.250. The Kier molecular flexibility index (Phi) is 6.44. The Morgan fingerprint density at radius 3 is 2.43 bits per heavy atom. The van der Waals surface area contributed by atoms with Gasteiger partial charge in [0.1, 0.15) is 0 Å². The second-order valence-corrected chi connectivity index (χ2v) is 8.28. The van der Waals surface area contributed by atoms with Gasteiger partial charge in [-0.05, 0) is 34.1 Å². The molecule has 4 rings (SSSR count). The van der Waals surface area contributed by atoms with Crippen molar-refractivity contribution in [1.82, 2.24) is 25.0 Å². The molecule has 4 heterocycles. The molecule has 1 saturated heterocycles. The van der Waals surface area contributed by atoms with E-state index in [9.17, 15) is 0 Å². The summed E-state index contributed by atoms with van der Waals surface area (Å²) in [6.45, 7) is 2.84. The van der Waals surface area contributed by atoms with Crippen LogP contribution in [0.1, 0.15) is 16.7 Å². The van der Waals surface area contributed by atoms with Crippen LogP contribution in [0.2, 0.25) is 0 Å². The molecule has 1 fully saturated rings. The van der Waals surface area contributed by atoms with Gasteiger partial charge in [0.2, 0.25) is 17.5 Å². The van der Waals surface area contributed by atoms with E-state index < -0.39 is 11.9 Å². The van der Waals surface area contributed by atoms with Crippen LogP contribution in [0.4, 0.5) is 0 Å². The van der Waals surface area contributed by atoms with E-state index in [1.54, 1.807) is 29.8 Å². The maximum atomic E-state index is 9.10. The Morgan fingerprint density at radius 2 is 1.86 bits per heavy atom. The van der Waals surface area contributed by atoms with E-state index in [-0.39, 0.29) is 0 Å². The zero-order valence-electron chi connectivity index (χ0n) is 14.2. The van der Waals surface area contributed by atoms with Crippen molar-refractivity contribution in [1.29, 1.82) is 0 Å². The molecule has 0 aliphatic carbocycles. The average molecular weight is 468 g/mol. The number of halogens is 1. The lowest BCUT2D eigenvalue weighted by Gasteiger charge is -2.36. The summed E-state index contributed by atoms with van der Waals surface area (Å²) >= 11 is 5.26. The van der Waals surface area contributed by atoms with E-state index >= 15 is 0 Å². The number of likely N-dealkylation sites (tertiary alicyclic amines) is 1. The summed E-state index contributed by atoms with van der Waals surface area (Å²) in [4.78, 5) is 34.6.